The number of carbonyl (C=O) groups is 3. The van der Waals surface area contributed by atoms with Gasteiger partial charge < -0.3 is 34.1 Å². The molecule has 0 aromatic heterocycles. The molecule has 0 saturated carbocycles. The van der Waals surface area contributed by atoms with Gasteiger partial charge in [-0.25, -0.2) is 0 Å². The van der Waals surface area contributed by atoms with Crippen LogP contribution in [0.3, 0.4) is 0 Å². The third-order valence-corrected chi connectivity index (χ3v) is 9.73. The molecule has 2 saturated heterocycles. The van der Waals surface area contributed by atoms with Crippen LogP contribution in [-0.2, 0) is 33.3 Å². The van der Waals surface area contributed by atoms with Crippen LogP contribution >= 0.6 is 0 Å². The van der Waals surface area contributed by atoms with Gasteiger partial charge in [0.1, 0.15) is 23.4 Å². The molecule has 0 aliphatic carbocycles. The van der Waals surface area contributed by atoms with Gasteiger partial charge in [-0.3, -0.25) is 14.4 Å². The summed E-state index contributed by atoms with van der Waals surface area (Å²) >= 11 is 0. The van der Waals surface area contributed by atoms with Gasteiger partial charge in [0.2, 0.25) is 0 Å². The van der Waals surface area contributed by atoms with Crippen molar-refractivity contribution in [2.24, 2.45) is 23.7 Å². The summed E-state index contributed by atoms with van der Waals surface area (Å²) in [6.07, 6.45) is 3.41. The van der Waals surface area contributed by atoms with Crippen molar-refractivity contribution in [3.05, 3.63) is 0 Å². The lowest BCUT2D eigenvalue weighted by Crippen LogP contribution is -2.58. The number of methoxy groups -OCH3 is 1. The first kappa shape index (κ1) is 37.3. The Morgan fingerprint density at radius 2 is 1.70 bits per heavy atom. The average Bonchev–Trinajstić information content (AvgIpc) is 2.97. The van der Waals surface area contributed by atoms with E-state index in [4.69, 9.17) is 25.4 Å². The van der Waals surface area contributed by atoms with Gasteiger partial charge in [0, 0.05) is 50.3 Å². The van der Waals surface area contributed by atoms with Gasteiger partial charge in [0.05, 0.1) is 23.9 Å². The molecule has 2 N–H and O–H groups in total. The van der Waals surface area contributed by atoms with Gasteiger partial charge in [-0.15, -0.1) is 12.3 Å². The second kappa shape index (κ2) is 15.4. The molecule has 0 radical (unpaired) electrons. The summed E-state index contributed by atoms with van der Waals surface area (Å²) in [6.45, 7) is 14.0. The number of rotatable bonds is 7. The van der Waals surface area contributed by atoms with Crippen molar-refractivity contribution in [2.75, 3.05) is 20.7 Å². The fourth-order valence-corrected chi connectivity index (χ4v) is 6.74. The summed E-state index contributed by atoms with van der Waals surface area (Å²) in [4.78, 5) is 43.0. The molecule has 2 rings (SSSR count). The number of hydrogen-bond acceptors (Lipinski definition) is 10. The van der Waals surface area contributed by atoms with E-state index in [-0.39, 0.29) is 30.8 Å². The van der Waals surface area contributed by atoms with Crippen molar-refractivity contribution in [3.8, 4) is 12.3 Å². The predicted molar refractivity (Wildman–Crippen MR) is 162 cm³/mol. The van der Waals surface area contributed by atoms with Crippen LogP contribution in [-0.4, -0.2) is 101 Å². The maximum atomic E-state index is 13.9. The van der Waals surface area contributed by atoms with E-state index in [2.05, 4.69) is 10.8 Å². The number of nitrogens with zero attached hydrogens (tertiary/aromatic N) is 1. The molecule has 0 spiro atoms. The maximum Gasteiger partial charge on any atom is 0.316 e. The van der Waals surface area contributed by atoms with E-state index >= 15 is 0 Å². The SMILES string of the molecule is C#CCCN(C)[C@@H]1C[C@H](O[C@@H]2[C@@H](C)C(=O)[C@@H](C)C(=O)O[C@H](CC)[C@@](C)(O)[C@H](O)[C@@H](C)C(=O)[C@H](C)C[C@@]2(C)OC)O[C@H](C)C1. The minimum atomic E-state index is -1.92. The van der Waals surface area contributed by atoms with Crippen molar-refractivity contribution >= 4 is 17.5 Å². The molecular weight excluding hydrogens is 554 g/mol. The van der Waals surface area contributed by atoms with Crippen LogP contribution in [0.4, 0.5) is 0 Å². The van der Waals surface area contributed by atoms with Crippen LogP contribution in [0.1, 0.15) is 87.5 Å². The number of carbonyl (C=O) groups excluding carboxylic acids is 3. The van der Waals surface area contributed by atoms with E-state index in [0.29, 0.717) is 12.8 Å². The average molecular weight is 610 g/mol. The molecule has 2 aliphatic rings. The monoisotopic (exact) mass is 609 g/mol. The maximum absolute atomic E-state index is 13.9. The number of cyclic esters (lactones) is 1. The zero-order valence-electron chi connectivity index (χ0n) is 27.8. The van der Waals surface area contributed by atoms with Crippen LogP contribution in [0, 0.1) is 36.0 Å². The van der Waals surface area contributed by atoms with Crippen molar-refractivity contribution in [2.45, 2.75) is 135 Å². The zero-order chi connectivity index (χ0) is 32.9. The van der Waals surface area contributed by atoms with Crippen molar-refractivity contribution in [1.82, 2.24) is 4.90 Å². The molecule has 43 heavy (non-hydrogen) atoms. The second-order valence-electron chi connectivity index (χ2n) is 13.2. The van der Waals surface area contributed by atoms with Crippen LogP contribution in [0.15, 0.2) is 0 Å². The Labute approximate surface area is 258 Å². The molecule has 0 bridgehead atoms. The Kier molecular flexibility index (Phi) is 13.4. The number of esters is 1. The highest BCUT2D eigenvalue weighted by Gasteiger charge is 2.51. The summed E-state index contributed by atoms with van der Waals surface area (Å²) in [5.74, 6) is -2.50. The lowest BCUT2D eigenvalue weighted by Gasteiger charge is -2.45. The number of hydrogen-bond donors (Lipinski definition) is 2. The summed E-state index contributed by atoms with van der Waals surface area (Å²) in [5.41, 5.74) is -3.08. The molecule has 10 nitrogen and oxygen atoms in total. The van der Waals surface area contributed by atoms with E-state index in [1.54, 1.807) is 34.6 Å². The first-order valence-corrected chi connectivity index (χ1v) is 15.6. The predicted octanol–water partition coefficient (Wildman–Crippen LogP) is 3.15. The van der Waals surface area contributed by atoms with E-state index in [9.17, 15) is 24.6 Å². The van der Waals surface area contributed by atoms with Crippen LogP contribution < -0.4 is 0 Å². The van der Waals surface area contributed by atoms with Gasteiger partial charge in [-0.05, 0) is 54.0 Å². The fourth-order valence-electron chi connectivity index (χ4n) is 6.74. The quantitative estimate of drug-likeness (QED) is 0.252. The number of Topliss-reactive ketones (excluding diaryl/α,β-unsaturated/α-hetero) is 2. The normalized spacial score (nSPS) is 42.3. The van der Waals surface area contributed by atoms with E-state index in [1.165, 1.54) is 21.0 Å². The van der Waals surface area contributed by atoms with Crippen LogP contribution in [0.5, 0.6) is 0 Å². The van der Waals surface area contributed by atoms with Gasteiger partial charge >= 0.3 is 5.97 Å². The third-order valence-electron chi connectivity index (χ3n) is 9.73. The Morgan fingerprint density at radius 3 is 2.26 bits per heavy atom. The Hall–Kier alpha value is -1.87. The van der Waals surface area contributed by atoms with E-state index in [1.807, 2.05) is 14.0 Å². The van der Waals surface area contributed by atoms with E-state index in [0.717, 1.165) is 13.0 Å². The summed E-state index contributed by atoms with van der Waals surface area (Å²) in [5, 5.41) is 22.4. The van der Waals surface area contributed by atoms with Crippen LogP contribution in [0.25, 0.3) is 0 Å². The highest BCUT2D eigenvalue weighted by molar-refractivity contribution is 6.00. The number of aliphatic hydroxyl groups excluding tert-OH is 1. The molecule has 2 heterocycles. The number of ether oxygens (including phenoxy) is 4. The topological polar surface area (TPSA) is 132 Å². The van der Waals surface area contributed by atoms with Gasteiger partial charge in [0.25, 0.3) is 0 Å². The molecule has 0 aromatic carbocycles. The molecule has 2 fully saturated rings. The van der Waals surface area contributed by atoms with Crippen molar-refractivity contribution in [1.29, 1.82) is 0 Å². The van der Waals surface area contributed by atoms with Crippen molar-refractivity contribution < 1.29 is 43.5 Å². The second-order valence-corrected chi connectivity index (χ2v) is 13.2. The number of ketones is 2. The lowest BCUT2D eigenvalue weighted by molar-refractivity contribution is -0.263. The summed E-state index contributed by atoms with van der Waals surface area (Å²) < 4.78 is 24.5. The Bertz CT molecular complexity index is 1010. The minimum Gasteiger partial charge on any atom is -0.459 e. The Balaban J connectivity index is 2.54. The van der Waals surface area contributed by atoms with Crippen LogP contribution in [0.2, 0.25) is 0 Å². The first-order chi connectivity index (χ1) is 19.9. The molecule has 0 aromatic rings. The van der Waals surface area contributed by atoms with E-state index < -0.39 is 71.2 Å². The molecule has 12 atom stereocenters. The third kappa shape index (κ3) is 8.65. The van der Waals surface area contributed by atoms with Crippen molar-refractivity contribution in [3.63, 3.8) is 0 Å². The molecule has 0 unspecified atom stereocenters. The highest BCUT2D eigenvalue weighted by atomic mass is 16.7. The Morgan fingerprint density at radius 1 is 1.07 bits per heavy atom. The highest BCUT2D eigenvalue weighted by Crippen LogP contribution is 2.38. The smallest absolute Gasteiger partial charge is 0.316 e. The summed E-state index contributed by atoms with van der Waals surface area (Å²) in [7, 11) is 3.52. The standard InChI is InChI=1S/C33H55NO9/c1-12-14-15-34(10)24-16-20(4)41-26(17-24)43-30-22(6)28(36)23(7)31(38)42-25(13-2)33(9,39)29(37)21(5)27(35)19(3)18-32(30,8)40-11/h1,19-26,29-30,37,39H,13-18H2,2-11H3/t19-,20-,21+,22+,23-,24+,25-,26+,29-,30-,32-,33-/m1/s1. The van der Waals surface area contributed by atoms with Gasteiger partial charge in [-0.2, -0.15) is 0 Å². The number of aliphatic hydroxyl groups is 2. The van der Waals surface area contributed by atoms with Gasteiger partial charge in [0.15, 0.2) is 12.1 Å². The molecule has 246 valence electrons. The fraction of sp³-hybridized carbons (Fsp3) is 0.848. The molecule has 2 aliphatic heterocycles. The first-order valence-electron chi connectivity index (χ1n) is 15.6. The number of terminal acetylenes is 1. The van der Waals surface area contributed by atoms with Gasteiger partial charge in [-0.1, -0.05) is 27.7 Å². The minimum absolute atomic E-state index is 0.120. The largest absolute Gasteiger partial charge is 0.459 e. The lowest BCUT2D eigenvalue weighted by atomic mass is 9.74. The summed E-state index contributed by atoms with van der Waals surface area (Å²) in [6, 6.07) is 0.135. The molecule has 0 amide bonds. The molecular formula is C33H55NO9. The zero-order valence-corrected chi connectivity index (χ0v) is 27.8. The molecule has 10 heteroatoms.